The fourth-order valence-electron chi connectivity index (χ4n) is 0.362. The number of nitrogens with zero attached hydrogens (tertiary/aromatic N) is 1. The van der Waals surface area contributed by atoms with Crippen molar-refractivity contribution in [2.45, 2.75) is 6.92 Å². The summed E-state index contributed by atoms with van der Waals surface area (Å²) in [5, 5.41) is 0. The van der Waals surface area contributed by atoms with Gasteiger partial charge in [-0.15, -0.1) is 0 Å². The zero-order valence-electron chi connectivity index (χ0n) is 5.86. The Kier molecular flexibility index (Phi) is 3.52. The molecule has 3 heteroatoms. The van der Waals surface area contributed by atoms with Gasteiger partial charge in [-0.05, 0) is 21.0 Å². The molecule has 0 saturated heterocycles. The van der Waals surface area contributed by atoms with E-state index in [2.05, 4.69) is 22.6 Å². The van der Waals surface area contributed by atoms with Crippen molar-refractivity contribution in [3.63, 3.8) is 0 Å². The van der Waals surface area contributed by atoms with Gasteiger partial charge in [0.2, 0.25) is 8.73 Å². The highest BCUT2D eigenvalue weighted by molar-refractivity contribution is 6.56. The van der Waals surface area contributed by atoms with Crippen LogP contribution in [-0.4, -0.2) is 40.1 Å². The van der Waals surface area contributed by atoms with Crippen molar-refractivity contribution in [2.24, 2.45) is 0 Å². The molecule has 0 heterocycles. The van der Waals surface area contributed by atoms with Crippen LogP contribution in [0.5, 0.6) is 0 Å². The number of nitrogens with one attached hydrogen (secondary N) is 1. The average Bonchev–Trinajstić information content (AvgIpc) is 1.67. The molecule has 0 aromatic heterocycles. The van der Waals surface area contributed by atoms with Crippen LogP contribution in [0.25, 0.3) is 0 Å². The molecule has 1 N–H and O–H groups in total. The first-order chi connectivity index (χ1) is 3.68. The first-order valence-electron chi connectivity index (χ1n) is 2.78. The lowest BCUT2D eigenvalue weighted by atomic mass is 10.8. The fourth-order valence-corrected chi connectivity index (χ4v) is 1.09. The smallest absolute Gasteiger partial charge is 0.237 e. The molecule has 0 aliphatic rings. The van der Waals surface area contributed by atoms with E-state index in [1.54, 1.807) is 0 Å². The van der Waals surface area contributed by atoms with Gasteiger partial charge in [-0.25, -0.2) is 0 Å². The van der Waals surface area contributed by atoms with E-state index in [1.807, 2.05) is 14.1 Å². The van der Waals surface area contributed by atoms with E-state index >= 15 is 0 Å². The molecule has 0 saturated carbocycles. The molecule has 8 heavy (non-hydrogen) atoms. The van der Waals surface area contributed by atoms with Crippen molar-refractivity contribution in [3.8, 4) is 0 Å². The van der Waals surface area contributed by atoms with Crippen molar-refractivity contribution in [3.05, 3.63) is 0 Å². The maximum atomic E-state index is 3.94. The first-order valence-corrected chi connectivity index (χ1v) is 4.44. The Morgan fingerprint density at radius 3 is 2.25 bits per heavy atom. The molecule has 0 aliphatic carbocycles. The van der Waals surface area contributed by atoms with Crippen molar-refractivity contribution in [2.75, 3.05) is 20.6 Å². The average molecular weight is 130 g/mol. The quantitative estimate of drug-likeness (QED) is 0.526. The maximum Gasteiger partial charge on any atom is 0.237 e. The summed E-state index contributed by atoms with van der Waals surface area (Å²) < 4.78 is 2.13. The highest BCUT2D eigenvalue weighted by Crippen LogP contribution is 1.66. The molecule has 0 fully saturated rings. The van der Waals surface area contributed by atoms with Crippen LogP contribution < -0.4 is 4.98 Å². The molecular formula is C5H14N2Si. The summed E-state index contributed by atoms with van der Waals surface area (Å²) in [6.45, 7) is 3.12. The van der Waals surface area contributed by atoms with Crippen molar-refractivity contribution in [1.29, 1.82) is 0 Å². The predicted octanol–water partition coefficient (Wildman–Crippen LogP) is -0.341. The van der Waals surface area contributed by atoms with Gasteiger partial charge in [0.25, 0.3) is 0 Å². The van der Waals surface area contributed by atoms with Crippen LogP contribution in [-0.2, 0) is 0 Å². The summed E-state index contributed by atoms with van der Waals surface area (Å²) in [5.74, 6) is 0. The number of rotatable bonds is 3. The van der Waals surface area contributed by atoms with E-state index < -0.39 is 8.73 Å². The van der Waals surface area contributed by atoms with Crippen molar-refractivity contribution in [1.82, 2.24) is 9.55 Å². The first kappa shape index (κ1) is 7.69. The van der Waals surface area contributed by atoms with Crippen LogP contribution in [0, 0.1) is 0 Å². The van der Waals surface area contributed by atoms with Gasteiger partial charge in [0.15, 0.2) is 0 Å². The van der Waals surface area contributed by atoms with Gasteiger partial charge in [0.05, 0.1) is 0 Å². The Morgan fingerprint density at radius 2 is 2.12 bits per heavy atom. The molecule has 0 aromatic rings. The molecular weight excluding hydrogens is 116 g/mol. The monoisotopic (exact) mass is 130 g/mol. The molecule has 0 rings (SSSR count). The molecule has 0 bridgehead atoms. The largest absolute Gasteiger partial charge is 0.405 e. The Hall–Kier alpha value is -0.313. The Balaban J connectivity index is 3.33. The third kappa shape index (κ3) is 2.79. The van der Waals surface area contributed by atoms with Gasteiger partial charge < -0.3 is 9.55 Å². The van der Waals surface area contributed by atoms with Crippen molar-refractivity contribution < 1.29 is 0 Å². The van der Waals surface area contributed by atoms with Crippen LogP contribution >= 0.6 is 0 Å². The zero-order chi connectivity index (χ0) is 6.57. The minimum atomic E-state index is -0.624. The zero-order valence-corrected chi connectivity index (χ0v) is 6.86. The van der Waals surface area contributed by atoms with Gasteiger partial charge in [0.1, 0.15) is 0 Å². The van der Waals surface area contributed by atoms with Crippen LogP contribution in [0.2, 0.25) is 0 Å². The van der Waals surface area contributed by atoms with Gasteiger partial charge in [0, 0.05) is 6.54 Å². The van der Waals surface area contributed by atoms with E-state index in [-0.39, 0.29) is 0 Å². The summed E-state index contributed by atoms with van der Waals surface area (Å²) in [6, 6.07) is 0. The lowest BCUT2D eigenvalue weighted by Gasteiger charge is -2.14. The molecule has 0 aromatic carbocycles. The van der Waals surface area contributed by atoms with E-state index in [0.717, 1.165) is 6.54 Å². The summed E-state index contributed by atoms with van der Waals surface area (Å²) in [4.78, 5) is 3.26. The topological polar surface area (TPSA) is 15.3 Å². The molecule has 0 radical (unpaired) electrons. The summed E-state index contributed by atoms with van der Waals surface area (Å²) >= 11 is 0. The Bertz CT molecular complexity index is 80.5. The maximum absolute atomic E-state index is 3.94. The molecule has 0 unspecified atom stereocenters. The van der Waals surface area contributed by atoms with Crippen LogP contribution in [0.1, 0.15) is 6.92 Å². The van der Waals surface area contributed by atoms with Crippen LogP contribution in [0.3, 0.4) is 0 Å². The lowest BCUT2D eigenvalue weighted by Crippen LogP contribution is -2.38. The minimum Gasteiger partial charge on any atom is -0.405 e. The second-order valence-electron chi connectivity index (χ2n) is 1.87. The predicted molar refractivity (Wildman–Crippen MR) is 40.2 cm³/mol. The van der Waals surface area contributed by atoms with Gasteiger partial charge >= 0.3 is 0 Å². The normalized spacial score (nSPS) is 8.38. The molecule has 48 valence electrons. The van der Waals surface area contributed by atoms with Crippen LogP contribution in [0.4, 0.5) is 0 Å². The highest BCUT2D eigenvalue weighted by Gasteiger charge is 1.91. The van der Waals surface area contributed by atoms with E-state index in [0.29, 0.717) is 0 Å². The van der Waals surface area contributed by atoms with Gasteiger partial charge in [-0.1, -0.05) is 6.17 Å². The summed E-state index contributed by atoms with van der Waals surface area (Å²) in [6.07, 6.45) is 3.94. The second-order valence-corrected chi connectivity index (χ2v) is 4.01. The third-order valence-electron chi connectivity index (χ3n) is 0.921. The van der Waals surface area contributed by atoms with Crippen molar-refractivity contribution >= 4 is 14.9 Å². The third-order valence-corrected chi connectivity index (χ3v) is 2.76. The molecule has 0 aliphatic heterocycles. The molecule has 0 amide bonds. The Morgan fingerprint density at radius 1 is 1.62 bits per heavy atom. The number of hydrogen-bond donors (Lipinski definition) is 1. The van der Waals surface area contributed by atoms with Crippen LogP contribution in [0.15, 0.2) is 0 Å². The van der Waals surface area contributed by atoms with E-state index in [4.69, 9.17) is 0 Å². The number of hydrogen-bond acceptors (Lipinski definition) is 2. The molecule has 0 spiro atoms. The van der Waals surface area contributed by atoms with E-state index in [1.165, 1.54) is 0 Å². The second kappa shape index (κ2) is 3.66. The highest BCUT2D eigenvalue weighted by atomic mass is 28.3. The molecule has 2 nitrogen and oxygen atoms in total. The van der Waals surface area contributed by atoms with E-state index in [9.17, 15) is 0 Å². The summed E-state index contributed by atoms with van der Waals surface area (Å²) in [7, 11) is 3.47. The molecule has 0 atom stereocenters. The lowest BCUT2D eigenvalue weighted by molar-refractivity contribution is 0.638. The SMILES string of the molecule is C=[Si](NCC)N(C)C. The summed E-state index contributed by atoms with van der Waals surface area (Å²) in [5.41, 5.74) is 0. The fraction of sp³-hybridized carbons (Fsp3) is 0.800. The minimum absolute atomic E-state index is 0.624. The standard InChI is InChI=1S/C5H14N2Si/c1-5-6-8(4)7(2)3/h6H,4-5H2,1-3H3. The van der Waals surface area contributed by atoms with Gasteiger partial charge in [-0.3, -0.25) is 0 Å². The Labute approximate surface area is 52.9 Å². The van der Waals surface area contributed by atoms with Gasteiger partial charge in [-0.2, -0.15) is 0 Å².